The number of pyridine rings is 1. The minimum Gasteiger partial charge on any atom is -0.459 e. The Balaban J connectivity index is 2.04. The number of aromatic nitrogens is 1. The van der Waals surface area contributed by atoms with Gasteiger partial charge in [-0.2, -0.15) is 0 Å². The molecule has 1 unspecified atom stereocenters. The number of carbonyl (C=O) groups excluding carboxylic acids is 1. The normalized spacial score (nSPS) is 16.6. The first-order valence-electron chi connectivity index (χ1n) is 9.89. The lowest BCUT2D eigenvalue weighted by molar-refractivity contribution is -0.155. The zero-order valence-corrected chi connectivity index (χ0v) is 18.4. The van der Waals surface area contributed by atoms with Gasteiger partial charge in [0, 0.05) is 22.8 Å². The standard InChI is InChI=1S/C23H28ClNO4/c1-14(2)20-8-15-6-7-17(24)9-18(15)19-10-21(26)25(11-16(19)13-28-20)12-22(27)29-23(3,4)5/h6-7,9-11,14,20H,8,12-13H2,1-5H3. The van der Waals surface area contributed by atoms with Crippen molar-refractivity contribution in [3.8, 4) is 11.1 Å². The molecule has 1 aliphatic heterocycles. The average molecular weight is 418 g/mol. The Bertz CT molecular complexity index is 972. The minimum atomic E-state index is -0.604. The van der Waals surface area contributed by atoms with Gasteiger partial charge in [0.1, 0.15) is 12.1 Å². The van der Waals surface area contributed by atoms with Crippen LogP contribution in [0.3, 0.4) is 0 Å². The molecule has 1 atom stereocenters. The summed E-state index contributed by atoms with van der Waals surface area (Å²) in [6.07, 6.45) is 2.51. The van der Waals surface area contributed by atoms with Crippen molar-refractivity contribution in [2.45, 2.75) is 65.9 Å². The third-order valence-electron chi connectivity index (χ3n) is 4.91. The maximum Gasteiger partial charge on any atom is 0.326 e. The zero-order chi connectivity index (χ0) is 21.3. The molecule has 0 saturated carbocycles. The second-order valence-electron chi connectivity index (χ2n) is 8.86. The van der Waals surface area contributed by atoms with Gasteiger partial charge in [-0.15, -0.1) is 0 Å². The molecule has 0 N–H and O–H groups in total. The summed E-state index contributed by atoms with van der Waals surface area (Å²) in [6.45, 7) is 9.88. The molecular weight excluding hydrogens is 390 g/mol. The highest BCUT2D eigenvalue weighted by Crippen LogP contribution is 2.33. The van der Waals surface area contributed by atoms with Crippen molar-refractivity contribution in [3.05, 3.63) is 57.0 Å². The maximum absolute atomic E-state index is 12.7. The fraction of sp³-hybridized carbons (Fsp3) is 0.478. The molecule has 1 aliphatic rings. The second kappa shape index (κ2) is 8.33. The molecule has 1 aromatic carbocycles. The van der Waals surface area contributed by atoms with Crippen LogP contribution in [0.25, 0.3) is 11.1 Å². The van der Waals surface area contributed by atoms with Gasteiger partial charge in [-0.3, -0.25) is 9.59 Å². The number of fused-ring (bicyclic) bond motifs is 3. The lowest BCUT2D eigenvalue weighted by Gasteiger charge is -2.27. The summed E-state index contributed by atoms with van der Waals surface area (Å²) in [6, 6.07) is 7.32. The Hall–Kier alpha value is -2.11. The van der Waals surface area contributed by atoms with E-state index in [1.54, 1.807) is 33.0 Å². The summed E-state index contributed by atoms with van der Waals surface area (Å²) < 4.78 is 12.9. The Morgan fingerprint density at radius 2 is 1.93 bits per heavy atom. The summed E-state index contributed by atoms with van der Waals surface area (Å²) in [7, 11) is 0. The molecular formula is C23H28ClNO4. The van der Waals surface area contributed by atoms with Crippen molar-refractivity contribution in [3.63, 3.8) is 0 Å². The van der Waals surface area contributed by atoms with Crippen molar-refractivity contribution < 1.29 is 14.3 Å². The van der Waals surface area contributed by atoms with Crippen LogP contribution < -0.4 is 5.56 Å². The highest BCUT2D eigenvalue weighted by molar-refractivity contribution is 6.30. The van der Waals surface area contributed by atoms with E-state index in [1.807, 2.05) is 18.2 Å². The molecule has 6 heteroatoms. The Labute approximate surface area is 176 Å². The highest BCUT2D eigenvalue weighted by atomic mass is 35.5. The summed E-state index contributed by atoms with van der Waals surface area (Å²) in [5, 5.41) is 0.621. The molecule has 0 radical (unpaired) electrons. The van der Waals surface area contributed by atoms with Gasteiger partial charge in [-0.1, -0.05) is 31.5 Å². The molecule has 2 aromatic rings. The molecule has 0 saturated heterocycles. The quantitative estimate of drug-likeness (QED) is 0.684. The number of hydrogen-bond donors (Lipinski definition) is 0. The molecule has 0 aliphatic carbocycles. The van der Waals surface area contributed by atoms with Crippen LogP contribution in [0.15, 0.2) is 35.3 Å². The highest BCUT2D eigenvalue weighted by Gasteiger charge is 2.24. The topological polar surface area (TPSA) is 57.5 Å². The van der Waals surface area contributed by atoms with E-state index < -0.39 is 11.6 Å². The molecule has 0 bridgehead atoms. The summed E-state index contributed by atoms with van der Waals surface area (Å²) in [5.41, 5.74) is 2.83. The predicted octanol–water partition coefficient (Wildman–Crippen LogP) is 4.61. The largest absolute Gasteiger partial charge is 0.459 e. The van der Waals surface area contributed by atoms with Crippen LogP contribution in [0.4, 0.5) is 0 Å². The van der Waals surface area contributed by atoms with E-state index >= 15 is 0 Å². The third kappa shape index (κ3) is 5.28. The average Bonchev–Trinajstić information content (AvgIpc) is 2.58. The van der Waals surface area contributed by atoms with Gasteiger partial charge in [0.25, 0.3) is 5.56 Å². The van der Waals surface area contributed by atoms with E-state index in [4.69, 9.17) is 21.1 Å². The first-order chi connectivity index (χ1) is 13.5. The predicted molar refractivity (Wildman–Crippen MR) is 114 cm³/mol. The van der Waals surface area contributed by atoms with Crippen molar-refractivity contribution >= 4 is 17.6 Å². The number of ether oxygens (including phenoxy) is 2. The number of hydrogen-bond acceptors (Lipinski definition) is 4. The molecule has 0 spiro atoms. The molecule has 1 aromatic heterocycles. The summed E-state index contributed by atoms with van der Waals surface area (Å²) >= 11 is 6.26. The van der Waals surface area contributed by atoms with Gasteiger partial charge in [0.2, 0.25) is 0 Å². The van der Waals surface area contributed by atoms with Crippen molar-refractivity contribution in [1.82, 2.24) is 4.57 Å². The van der Waals surface area contributed by atoms with Gasteiger partial charge in [-0.25, -0.2) is 0 Å². The van der Waals surface area contributed by atoms with Gasteiger partial charge in [0.05, 0.1) is 12.7 Å². The number of esters is 1. The monoisotopic (exact) mass is 417 g/mol. The minimum absolute atomic E-state index is 0.0503. The molecule has 3 rings (SSSR count). The molecule has 156 valence electrons. The molecule has 5 nitrogen and oxygen atoms in total. The Kier molecular flexibility index (Phi) is 6.20. The first kappa shape index (κ1) is 21.6. The summed E-state index contributed by atoms with van der Waals surface area (Å²) in [4.78, 5) is 25.0. The van der Waals surface area contributed by atoms with Crippen molar-refractivity contribution in [2.24, 2.45) is 5.92 Å². The van der Waals surface area contributed by atoms with Crippen molar-refractivity contribution in [1.29, 1.82) is 0 Å². The lowest BCUT2D eigenvalue weighted by Crippen LogP contribution is -2.31. The molecule has 29 heavy (non-hydrogen) atoms. The molecule has 0 amide bonds. The van der Waals surface area contributed by atoms with Crippen LogP contribution in [0.2, 0.25) is 5.02 Å². The van der Waals surface area contributed by atoms with Gasteiger partial charge in [0.15, 0.2) is 0 Å². The van der Waals surface area contributed by atoms with E-state index in [0.29, 0.717) is 17.5 Å². The Morgan fingerprint density at radius 1 is 1.24 bits per heavy atom. The van der Waals surface area contributed by atoms with E-state index in [1.165, 1.54) is 4.57 Å². The van der Waals surface area contributed by atoms with Gasteiger partial charge < -0.3 is 14.0 Å². The number of halogens is 1. The zero-order valence-electron chi connectivity index (χ0n) is 17.6. The van der Waals surface area contributed by atoms with Crippen LogP contribution in [0.5, 0.6) is 0 Å². The lowest BCUT2D eigenvalue weighted by atomic mass is 9.90. The summed E-state index contributed by atoms with van der Waals surface area (Å²) in [5.74, 6) is -0.109. The van der Waals surface area contributed by atoms with Crippen LogP contribution in [0.1, 0.15) is 45.7 Å². The first-order valence-corrected chi connectivity index (χ1v) is 10.3. The molecule has 0 fully saturated rings. The van der Waals surface area contributed by atoms with Crippen LogP contribution in [-0.4, -0.2) is 22.2 Å². The van der Waals surface area contributed by atoms with E-state index in [0.717, 1.165) is 28.7 Å². The van der Waals surface area contributed by atoms with Crippen LogP contribution in [0, 0.1) is 5.92 Å². The number of rotatable bonds is 3. The Morgan fingerprint density at radius 3 is 2.59 bits per heavy atom. The van der Waals surface area contributed by atoms with Gasteiger partial charge >= 0.3 is 5.97 Å². The second-order valence-corrected chi connectivity index (χ2v) is 9.30. The van der Waals surface area contributed by atoms with Crippen LogP contribution in [-0.2, 0) is 33.8 Å². The van der Waals surface area contributed by atoms with E-state index in [2.05, 4.69) is 13.8 Å². The van der Waals surface area contributed by atoms with Gasteiger partial charge in [-0.05, 0) is 61.9 Å². The SMILES string of the molecule is CC(C)C1Cc2ccc(Cl)cc2-c2cc(=O)n(CC(=O)OC(C)(C)C)cc2CO1. The maximum atomic E-state index is 12.7. The van der Waals surface area contributed by atoms with Crippen LogP contribution >= 0.6 is 11.6 Å². The number of benzene rings is 1. The fourth-order valence-electron chi connectivity index (χ4n) is 3.50. The smallest absolute Gasteiger partial charge is 0.326 e. The third-order valence-corrected chi connectivity index (χ3v) is 5.14. The number of carbonyl (C=O) groups is 1. The van der Waals surface area contributed by atoms with E-state index in [-0.39, 0.29) is 18.2 Å². The fourth-order valence-corrected chi connectivity index (χ4v) is 3.67. The van der Waals surface area contributed by atoms with Crippen molar-refractivity contribution in [2.75, 3.05) is 0 Å². The molecule has 2 heterocycles. The van der Waals surface area contributed by atoms with E-state index in [9.17, 15) is 9.59 Å². The number of nitrogens with zero attached hydrogens (tertiary/aromatic N) is 1.